The van der Waals surface area contributed by atoms with Crippen LogP contribution in [0.4, 0.5) is 18.0 Å². The number of ether oxygens (including phenoxy) is 1. The van der Waals surface area contributed by atoms with E-state index in [2.05, 4.69) is 0 Å². The molecule has 0 saturated carbocycles. The summed E-state index contributed by atoms with van der Waals surface area (Å²) in [5, 5.41) is 21.2. The van der Waals surface area contributed by atoms with Gasteiger partial charge in [-0.15, -0.1) is 0 Å². The van der Waals surface area contributed by atoms with E-state index in [9.17, 15) is 27.6 Å². The number of carboxylic acid groups (broad SMARTS) is 1. The van der Waals surface area contributed by atoms with Crippen molar-refractivity contribution in [2.24, 2.45) is 0 Å². The van der Waals surface area contributed by atoms with Gasteiger partial charge in [-0.3, -0.25) is 10.1 Å². The fourth-order valence-electron chi connectivity index (χ4n) is 3.78. The second kappa shape index (κ2) is 9.72. The number of alkyl halides is 3. The average Bonchev–Trinajstić information content (AvgIpc) is 3.10. The van der Waals surface area contributed by atoms with Gasteiger partial charge in [0.2, 0.25) is 5.54 Å². The number of benzene rings is 2. The van der Waals surface area contributed by atoms with Gasteiger partial charge >= 0.3 is 18.2 Å². The normalized spacial score (nSPS) is 15.4. The van der Waals surface area contributed by atoms with Gasteiger partial charge in [0.15, 0.2) is 0 Å². The maximum absolute atomic E-state index is 13.8. The van der Waals surface area contributed by atoms with Crippen LogP contribution in [0.2, 0.25) is 0 Å². The number of rotatable bonds is 8. The second-order valence-electron chi connectivity index (χ2n) is 7.95. The smallest absolute Gasteiger partial charge is 0.420 e. The predicted molar refractivity (Wildman–Crippen MR) is 114 cm³/mol. The SMILES string of the molecule is CC(NC(=O)OCC1c2ccccc2-c2ccccc21)(C(=O)NC(CCO)C(=O)O)C(F)(F)F. The first-order valence-corrected chi connectivity index (χ1v) is 10.3. The standard InChI is InChI=1S/C23H23F3N2O6/c1-22(23(24,25)26,20(32)27-18(10-11-29)19(30)31)28-21(33)34-12-17-15-8-4-2-6-13(15)14-7-3-5-9-16(14)17/h2-9,17-18,29H,10-12H2,1H3,(H,27,32)(H,28,33)(H,30,31). The van der Waals surface area contributed by atoms with Gasteiger partial charge in [-0.05, 0) is 29.2 Å². The van der Waals surface area contributed by atoms with E-state index in [4.69, 9.17) is 14.9 Å². The molecule has 1 aliphatic carbocycles. The molecule has 2 aromatic carbocycles. The van der Waals surface area contributed by atoms with E-state index in [1.807, 2.05) is 36.4 Å². The van der Waals surface area contributed by atoms with E-state index in [1.54, 1.807) is 17.4 Å². The molecule has 1 aliphatic rings. The number of carbonyl (C=O) groups is 3. The fraction of sp³-hybridized carbons (Fsp3) is 0.348. The Hall–Kier alpha value is -3.60. The minimum absolute atomic E-state index is 0.280. The third-order valence-electron chi connectivity index (χ3n) is 5.74. The first-order valence-electron chi connectivity index (χ1n) is 10.3. The van der Waals surface area contributed by atoms with E-state index in [0.29, 0.717) is 6.92 Å². The molecule has 2 amide bonds. The van der Waals surface area contributed by atoms with Crippen molar-refractivity contribution in [2.75, 3.05) is 13.2 Å². The number of hydrogen-bond acceptors (Lipinski definition) is 5. The molecule has 0 heterocycles. The molecule has 2 unspecified atom stereocenters. The van der Waals surface area contributed by atoms with Crippen LogP contribution in [-0.2, 0) is 14.3 Å². The predicted octanol–water partition coefficient (Wildman–Crippen LogP) is 2.80. The Morgan fingerprint density at radius 2 is 1.56 bits per heavy atom. The van der Waals surface area contributed by atoms with E-state index in [1.165, 1.54) is 5.32 Å². The van der Waals surface area contributed by atoms with Crippen LogP contribution in [0.3, 0.4) is 0 Å². The topological polar surface area (TPSA) is 125 Å². The van der Waals surface area contributed by atoms with Gasteiger partial charge in [0, 0.05) is 18.9 Å². The van der Waals surface area contributed by atoms with Gasteiger partial charge in [0.05, 0.1) is 0 Å². The number of hydrogen-bond donors (Lipinski definition) is 4. The molecule has 2 atom stereocenters. The summed E-state index contributed by atoms with van der Waals surface area (Å²) in [5.74, 6) is -3.84. The summed E-state index contributed by atoms with van der Waals surface area (Å²) < 4.78 is 46.4. The molecule has 0 aliphatic heterocycles. The minimum atomic E-state index is -5.27. The number of carboxylic acids is 1. The Morgan fingerprint density at radius 1 is 1.03 bits per heavy atom. The third-order valence-corrected chi connectivity index (χ3v) is 5.74. The Kier molecular flexibility index (Phi) is 7.15. The molecular formula is C23H23F3N2O6. The van der Waals surface area contributed by atoms with Gasteiger partial charge in [-0.25, -0.2) is 9.59 Å². The molecule has 0 bridgehead atoms. The van der Waals surface area contributed by atoms with Gasteiger partial charge in [0.1, 0.15) is 12.6 Å². The summed E-state index contributed by atoms with van der Waals surface area (Å²) in [6.07, 6.45) is -7.28. The molecule has 2 aromatic rings. The summed E-state index contributed by atoms with van der Waals surface area (Å²) in [7, 11) is 0. The number of alkyl carbamates (subject to hydrolysis) is 1. The molecular weight excluding hydrogens is 457 g/mol. The lowest BCUT2D eigenvalue weighted by Crippen LogP contribution is -2.66. The van der Waals surface area contributed by atoms with E-state index < -0.39 is 54.7 Å². The van der Waals surface area contributed by atoms with Crippen molar-refractivity contribution in [1.82, 2.24) is 10.6 Å². The highest BCUT2D eigenvalue weighted by atomic mass is 19.4. The minimum Gasteiger partial charge on any atom is -0.480 e. The summed E-state index contributed by atoms with van der Waals surface area (Å²) in [4.78, 5) is 35.9. The third kappa shape index (κ3) is 4.84. The first-order chi connectivity index (χ1) is 16.0. The Bertz CT molecular complexity index is 1040. The van der Waals surface area contributed by atoms with Crippen LogP contribution in [0, 0.1) is 0 Å². The lowest BCUT2D eigenvalue weighted by Gasteiger charge is -2.32. The van der Waals surface area contributed by atoms with Crippen LogP contribution >= 0.6 is 0 Å². The van der Waals surface area contributed by atoms with Crippen LogP contribution in [0.25, 0.3) is 11.1 Å². The zero-order chi connectivity index (χ0) is 25.1. The van der Waals surface area contributed by atoms with Crippen LogP contribution in [-0.4, -0.2) is 59.2 Å². The highest BCUT2D eigenvalue weighted by molar-refractivity contribution is 5.93. The van der Waals surface area contributed by atoms with Crippen molar-refractivity contribution in [3.8, 4) is 11.1 Å². The molecule has 0 radical (unpaired) electrons. The number of aliphatic hydroxyl groups excluding tert-OH is 1. The van der Waals surface area contributed by atoms with E-state index >= 15 is 0 Å². The van der Waals surface area contributed by atoms with Gasteiger partial charge in [-0.2, -0.15) is 13.2 Å². The van der Waals surface area contributed by atoms with Crippen molar-refractivity contribution in [3.05, 3.63) is 59.7 Å². The molecule has 0 aromatic heterocycles. The van der Waals surface area contributed by atoms with Crippen molar-refractivity contribution in [1.29, 1.82) is 0 Å². The molecule has 4 N–H and O–H groups in total. The quantitative estimate of drug-likeness (QED) is 0.461. The van der Waals surface area contributed by atoms with Gasteiger partial charge in [-0.1, -0.05) is 48.5 Å². The molecule has 182 valence electrons. The highest BCUT2D eigenvalue weighted by Gasteiger charge is 2.58. The Balaban J connectivity index is 1.75. The summed E-state index contributed by atoms with van der Waals surface area (Å²) in [6, 6.07) is 13.0. The van der Waals surface area contributed by atoms with E-state index in [0.717, 1.165) is 22.3 Å². The lowest BCUT2D eigenvalue weighted by atomic mass is 9.98. The molecule has 11 heteroatoms. The van der Waals surface area contributed by atoms with Crippen LogP contribution in [0.5, 0.6) is 0 Å². The number of carbonyl (C=O) groups excluding carboxylic acids is 2. The fourth-order valence-corrected chi connectivity index (χ4v) is 3.78. The molecule has 8 nitrogen and oxygen atoms in total. The lowest BCUT2D eigenvalue weighted by molar-refractivity contribution is -0.195. The monoisotopic (exact) mass is 480 g/mol. The average molecular weight is 480 g/mol. The van der Waals surface area contributed by atoms with E-state index in [-0.39, 0.29) is 6.61 Å². The summed E-state index contributed by atoms with van der Waals surface area (Å²) in [5.41, 5.74) is 0.0753. The van der Waals surface area contributed by atoms with Crippen molar-refractivity contribution >= 4 is 18.0 Å². The molecule has 3 rings (SSSR count). The maximum atomic E-state index is 13.8. The largest absolute Gasteiger partial charge is 0.480 e. The molecule has 34 heavy (non-hydrogen) atoms. The number of amides is 2. The molecule has 0 spiro atoms. The summed E-state index contributed by atoms with van der Waals surface area (Å²) in [6.45, 7) is -0.556. The molecule has 0 saturated heterocycles. The second-order valence-corrected chi connectivity index (χ2v) is 7.95. The van der Waals surface area contributed by atoms with Gasteiger partial charge < -0.3 is 20.3 Å². The van der Waals surface area contributed by atoms with Crippen LogP contribution in [0.1, 0.15) is 30.4 Å². The van der Waals surface area contributed by atoms with Crippen molar-refractivity contribution in [3.63, 3.8) is 0 Å². The van der Waals surface area contributed by atoms with Crippen LogP contribution in [0.15, 0.2) is 48.5 Å². The first kappa shape index (κ1) is 25.0. The highest BCUT2D eigenvalue weighted by Crippen LogP contribution is 2.44. The number of aliphatic hydroxyl groups is 1. The van der Waals surface area contributed by atoms with Crippen molar-refractivity contribution in [2.45, 2.75) is 37.0 Å². The van der Waals surface area contributed by atoms with Crippen LogP contribution < -0.4 is 10.6 Å². The Morgan fingerprint density at radius 3 is 2.03 bits per heavy atom. The van der Waals surface area contributed by atoms with Gasteiger partial charge in [0.25, 0.3) is 5.91 Å². The number of halogens is 3. The maximum Gasteiger partial charge on any atom is 0.420 e. The zero-order valence-electron chi connectivity index (χ0n) is 18.1. The number of fused-ring (bicyclic) bond motifs is 3. The number of aliphatic carboxylic acids is 1. The zero-order valence-corrected chi connectivity index (χ0v) is 18.1. The Labute approximate surface area is 192 Å². The summed E-state index contributed by atoms with van der Waals surface area (Å²) >= 11 is 0. The van der Waals surface area contributed by atoms with Crippen molar-refractivity contribution < 1.29 is 42.5 Å². The molecule has 0 fully saturated rings. The number of nitrogens with one attached hydrogen (secondary N) is 2.